The molecule has 3 aromatic rings. The van der Waals surface area contributed by atoms with Gasteiger partial charge in [0.15, 0.2) is 5.82 Å². The molecule has 2 aromatic heterocycles. The molecule has 0 aliphatic heterocycles. The van der Waals surface area contributed by atoms with Gasteiger partial charge in [-0.1, -0.05) is 18.5 Å². The first-order chi connectivity index (χ1) is 11.2. The monoisotopic (exact) mass is 325 g/mol. The van der Waals surface area contributed by atoms with Crippen molar-refractivity contribution in [1.29, 1.82) is 0 Å². The van der Waals surface area contributed by atoms with E-state index in [0.29, 0.717) is 17.5 Å². The number of aryl methyl sites for hydroxylation is 2. The predicted molar refractivity (Wildman–Crippen MR) is 90.9 cm³/mol. The van der Waals surface area contributed by atoms with Crippen LogP contribution in [-0.2, 0) is 6.42 Å². The van der Waals surface area contributed by atoms with Crippen LogP contribution in [0.15, 0.2) is 48.8 Å². The van der Waals surface area contributed by atoms with Crippen LogP contribution in [0.1, 0.15) is 18.2 Å². The summed E-state index contributed by atoms with van der Waals surface area (Å²) >= 11 is 6.14. The highest BCUT2D eigenvalue weighted by atomic mass is 35.5. The van der Waals surface area contributed by atoms with Crippen molar-refractivity contribution in [3.05, 3.63) is 65.1 Å². The van der Waals surface area contributed by atoms with E-state index in [9.17, 15) is 0 Å². The van der Waals surface area contributed by atoms with E-state index in [1.165, 1.54) is 0 Å². The Labute approximate surface area is 140 Å². The van der Waals surface area contributed by atoms with Gasteiger partial charge in [0.05, 0.1) is 0 Å². The Kier molecular flexibility index (Phi) is 4.53. The quantitative estimate of drug-likeness (QED) is 0.687. The molecule has 116 valence electrons. The zero-order valence-corrected chi connectivity index (χ0v) is 13.7. The summed E-state index contributed by atoms with van der Waals surface area (Å²) in [6, 6.07) is 11.2. The van der Waals surface area contributed by atoms with Gasteiger partial charge in [0.2, 0.25) is 5.88 Å². The summed E-state index contributed by atoms with van der Waals surface area (Å²) in [6.45, 7) is 3.97. The lowest BCUT2D eigenvalue weighted by Gasteiger charge is -2.09. The number of hydrogen-bond acceptors (Lipinski definition) is 4. The molecule has 0 saturated heterocycles. The van der Waals surface area contributed by atoms with Gasteiger partial charge < -0.3 is 4.74 Å². The zero-order valence-electron chi connectivity index (χ0n) is 13.0. The van der Waals surface area contributed by atoms with Gasteiger partial charge in [0.1, 0.15) is 5.75 Å². The molecule has 0 spiro atoms. The number of aromatic nitrogens is 3. The lowest BCUT2D eigenvalue weighted by Crippen LogP contribution is -1.96. The van der Waals surface area contributed by atoms with Gasteiger partial charge >= 0.3 is 0 Å². The third kappa shape index (κ3) is 3.66. The molecule has 3 rings (SSSR count). The summed E-state index contributed by atoms with van der Waals surface area (Å²) in [7, 11) is 0. The lowest BCUT2D eigenvalue weighted by atomic mass is 10.1. The third-order valence-electron chi connectivity index (χ3n) is 3.39. The number of benzene rings is 1. The van der Waals surface area contributed by atoms with Crippen molar-refractivity contribution < 1.29 is 4.74 Å². The Morgan fingerprint density at radius 1 is 1.04 bits per heavy atom. The van der Waals surface area contributed by atoms with Crippen LogP contribution in [0.5, 0.6) is 11.6 Å². The van der Waals surface area contributed by atoms with Crippen molar-refractivity contribution in [2.24, 2.45) is 0 Å². The first-order valence-electron chi connectivity index (χ1n) is 7.38. The van der Waals surface area contributed by atoms with Crippen molar-refractivity contribution in [3.63, 3.8) is 0 Å². The maximum absolute atomic E-state index is 6.14. The summed E-state index contributed by atoms with van der Waals surface area (Å²) in [5.41, 5.74) is 2.79. The molecular formula is C18H16ClN3O. The van der Waals surface area contributed by atoms with E-state index in [1.807, 2.05) is 43.3 Å². The number of ether oxygens (including phenoxy) is 1. The summed E-state index contributed by atoms with van der Waals surface area (Å²) in [4.78, 5) is 12.9. The Balaban J connectivity index is 1.93. The van der Waals surface area contributed by atoms with E-state index in [2.05, 4.69) is 21.9 Å². The highest BCUT2D eigenvalue weighted by Gasteiger charge is 2.08. The van der Waals surface area contributed by atoms with Gasteiger partial charge in [-0.2, -0.15) is 4.98 Å². The number of halogens is 1. The minimum Gasteiger partial charge on any atom is -0.439 e. The number of nitrogens with zero attached hydrogens (tertiary/aromatic N) is 3. The van der Waals surface area contributed by atoms with E-state index >= 15 is 0 Å². The van der Waals surface area contributed by atoms with Crippen molar-refractivity contribution in [2.45, 2.75) is 20.3 Å². The zero-order chi connectivity index (χ0) is 16.2. The highest BCUT2D eigenvalue weighted by Crippen LogP contribution is 2.27. The summed E-state index contributed by atoms with van der Waals surface area (Å²) in [6.07, 6.45) is 4.28. The second kappa shape index (κ2) is 6.75. The second-order valence-corrected chi connectivity index (χ2v) is 5.52. The number of pyridine rings is 1. The van der Waals surface area contributed by atoms with Gasteiger partial charge in [0, 0.05) is 34.7 Å². The normalized spacial score (nSPS) is 10.6. The SMILES string of the molecule is CCc1cc(Oc2cc(C)nc(-c3ccncc3)n2)ccc1Cl. The van der Waals surface area contributed by atoms with E-state index in [4.69, 9.17) is 16.3 Å². The molecule has 0 N–H and O–H groups in total. The summed E-state index contributed by atoms with van der Waals surface area (Å²) in [5, 5.41) is 0.746. The topological polar surface area (TPSA) is 47.9 Å². The average molecular weight is 326 g/mol. The fourth-order valence-electron chi connectivity index (χ4n) is 2.23. The number of rotatable bonds is 4. The molecule has 0 radical (unpaired) electrons. The van der Waals surface area contributed by atoms with Crippen LogP contribution in [0.2, 0.25) is 5.02 Å². The molecule has 1 aromatic carbocycles. The second-order valence-electron chi connectivity index (χ2n) is 5.12. The molecule has 5 heteroatoms. The standard InChI is InChI=1S/C18H16ClN3O/c1-3-13-11-15(4-5-16(13)19)23-17-10-12(2)21-18(22-17)14-6-8-20-9-7-14/h4-11H,3H2,1-2H3. The van der Waals surface area contributed by atoms with Gasteiger partial charge in [0.25, 0.3) is 0 Å². The van der Waals surface area contributed by atoms with Crippen LogP contribution in [-0.4, -0.2) is 15.0 Å². The molecule has 0 unspecified atom stereocenters. The highest BCUT2D eigenvalue weighted by molar-refractivity contribution is 6.31. The molecular weight excluding hydrogens is 310 g/mol. The average Bonchev–Trinajstić information content (AvgIpc) is 2.57. The van der Waals surface area contributed by atoms with Gasteiger partial charge in [-0.25, -0.2) is 4.98 Å². The van der Waals surface area contributed by atoms with Crippen molar-refractivity contribution in [2.75, 3.05) is 0 Å². The smallest absolute Gasteiger partial charge is 0.223 e. The largest absolute Gasteiger partial charge is 0.439 e. The van der Waals surface area contributed by atoms with Gasteiger partial charge in [-0.15, -0.1) is 0 Å². The molecule has 0 amide bonds. The first-order valence-corrected chi connectivity index (χ1v) is 7.76. The van der Waals surface area contributed by atoms with Crippen molar-refractivity contribution in [3.8, 4) is 23.0 Å². The minimum atomic E-state index is 0.508. The Morgan fingerprint density at radius 2 is 1.83 bits per heavy atom. The first kappa shape index (κ1) is 15.4. The Hall–Kier alpha value is -2.46. The summed E-state index contributed by atoms with van der Waals surface area (Å²) < 4.78 is 5.89. The van der Waals surface area contributed by atoms with E-state index in [0.717, 1.165) is 28.3 Å². The van der Waals surface area contributed by atoms with Crippen LogP contribution in [0, 0.1) is 6.92 Å². The third-order valence-corrected chi connectivity index (χ3v) is 3.76. The Bertz CT molecular complexity index is 822. The molecule has 4 nitrogen and oxygen atoms in total. The van der Waals surface area contributed by atoms with Crippen LogP contribution in [0.25, 0.3) is 11.4 Å². The van der Waals surface area contributed by atoms with Crippen molar-refractivity contribution >= 4 is 11.6 Å². The molecule has 0 bridgehead atoms. The van der Waals surface area contributed by atoms with Gasteiger partial charge in [-0.05, 0) is 49.2 Å². The molecule has 0 fully saturated rings. The van der Waals surface area contributed by atoms with Crippen LogP contribution in [0.4, 0.5) is 0 Å². The predicted octanol–water partition coefficient (Wildman–Crippen LogP) is 4.86. The van der Waals surface area contributed by atoms with E-state index in [-0.39, 0.29) is 0 Å². The molecule has 0 atom stereocenters. The Morgan fingerprint density at radius 3 is 2.57 bits per heavy atom. The maximum atomic E-state index is 6.14. The fraction of sp³-hybridized carbons (Fsp3) is 0.167. The molecule has 0 aliphatic rings. The maximum Gasteiger partial charge on any atom is 0.223 e. The van der Waals surface area contributed by atoms with Crippen LogP contribution >= 0.6 is 11.6 Å². The molecule has 0 aliphatic carbocycles. The fourth-order valence-corrected chi connectivity index (χ4v) is 2.48. The molecule has 2 heterocycles. The van der Waals surface area contributed by atoms with Crippen LogP contribution < -0.4 is 4.74 Å². The molecule has 0 saturated carbocycles. The lowest BCUT2D eigenvalue weighted by molar-refractivity contribution is 0.461. The van der Waals surface area contributed by atoms with Crippen LogP contribution in [0.3, 0.4) is 0 Å². The van der Waals surface area contributed by atoms with E-state index < -0.39 is 0 Å². The van der Waals surface area contributed by atoms with Crippen molar-refractivity contribution in [1.82, 2.24) is 15.0 Å². The summed E-state index contributed by atoms with van der Waals surface area (Å²) in [5.74, 6) is 1.84. The molecule has 23 heavy (non-hydrogen) atoms. The number of hydrogen-bond donors (Lipinski definition) is 0. The van der Waals surface area contributed by atoms with E-state index in [1.54, 1.807) is 12.4 Å². The van der Waals surface area contributed by atoms with Gasteiger partial charge in [-0.3, -0.25) is 4.98 Å². The minimum absolute atomic E-state index is 0.508.